The summed E-state index contributed by atoms with van der Waals surface area (Å²) in [6.45, 7) is 3.08. The van der Waals surface area contributed by atoms with Crippen LogP contribution in [0.15, 0.2) is 60.7 Å². The van der Waals surface area contributed by atoms with Gasteiger partial charge in [-0.05, 0) is 30.5 Å². The number of hydrogen-bond acceptors (Lipinski definition) is 2. The maximum Gasteiger partial charge on any atom is 0.0726 e. The predicted octanol–water partition coefficient (Wildman–Crippen LogP) is 4.45. The summed E-state index contributed by atoms with van der Waals surface area (Å²) in [7, 11) is 0. The molecule has 0 bridgehead atoms. The van der Waals surface area contributed by atoms with Crippen LogP contribution in [0.2, 0.25) is 0 Å². The van der Waals surface area contributed by atoms with Gasteiger partial charge in [-0.15, -0.1) is 0 Å². The van der Waals surface area contributed by atoms with Crippen molar-refractivity contribution in [1.29, 1.82) is 0 Å². The Morgan fingerprint density at radius 1 is 0.952 bits per heavy atom. The molecule has 1 aromatic heterocycles. The van der Waals surface area contributed by atoms with Crippen molar-refractivity contribution in [2.24, 2.45) is 0 Å². The van der Waals surface area contributed by atoms with Crippen molar-refractivity contribution in [2.75, 3.05) is 11.9 Å². The third-order valence-corrected chi connectivity index (χ3v) is 3.70. The van der Waals surface area contributed by atoms with Crippen LogP contribution < -0.4 is 5.32 Å². The largest absolute Gasteiger partial charge is 0.384 e. The first-order valence-corrected chi connectivity index (χ1v) is 7.53. The minimum atomic E-state index is 0.932. The number of anilines is 1. The molecule has 0 fully saturated rings. The van der Waals surface area contributed by atoms with Crippen molar-refractivity contribution in [3.63, 3.8) is 0 Å². The fourth-order valence-electron chi connectivity index (χ4n) is 2.54. The standard InChI is InChI=1S/C19H20N2/c1-2-16-14-19(17-10-6-7-11-18(17)21-16)20-13-12-15-8-4-3-5-9-15/h3-11,14H,2,12-13H2,1H3,(H,20,21). The third-order valence-electron chi connectivity index (χ3n) is 3.70. The summed E-state index contributed by atoms with van der Waals surface area (Å²) in [4.78, 5) is 4.68. The highest BCUT2D eigenvalue weighted by atomic mass is 14.9. The second-order valence-electron chi connectivity index (χ2n) is 5.19. The van der Waals surface area contributed by atoms with E-state index in [1.165, 1.54) is 16.6 Å². The van der Waals surface area contributed by atoms with E-state index in [4.69, 9.17) is 0 Å². The van der Waals surface area contributed by atoms with Crippen LogP contribution >= 0.6 is 0 Å². The number of aryl methyl sites for hydroxylation is 1. The predicted molar refractivity (Wildman–Crippen MR) is 89.8 cm³/mol. The molecular weight excluding hydrogens is 256 g/mol. The van der Waals surface area contributed by atoms with Crippen LogP contribution in [0.25, 0.3) is 10.9 Å². The second kappa shape index (κ2) is 6.40. The number of nitrogens with one attached hydrogen (secondary N) is 1. The van der Waals surface area contributed by atoms with E-state index in [1.54, 1.807) is 0 Å². The number of rotatable bonds is 5. The minimum Gasteiger partial charge on any atom is -0.384 e. The molecule has 0 radical (unpaired) electrons. The monoisotopic (exact) mass is 276 g/mol. The molecule has 106 valence electrons. The average molecular weight is 276 g/mol. The van der Waals surface area contributed by atoms with Gasteiger partial charge >= 0.3 is 0 Å². The summed E-state index contributed by atoms with van der Waals surface area (Å²) in [6, 6.07) is 21.1. The average Bonchev–Trinajstić information content (AvgIpc) is 2.55. The van der Waals surface area contributed by atoms with Gasteiger partial charge in [-0.25, -0.2) is 0 Å². The van der Waals surface area contributed by atoms with E-state index in [-0.39, 0.29) is 0 Å². The van der Waals surface area contributed by atoms with Crippen LogP contribution in [0, 0.1) is 0 Å². The summed E-state index contributed by atoms with van der Waals surface area (Å²) in [5, 5.41) is 4.77. The van der Waals surface area contributed by atoms with E-state index < -0.39 is 0 Å². The van der Waals surface area contributed by atoms with Crippen molar-refractivity contribution in [3.8, 4) is 0 Å². The van der Waals surface area contributed by atoms with Crippen molar-refractivity contribution < 1.29 is 0 Å². The van der Waals surface area contributed by atoms with Gasteiger partial charge in [0, 0.05) is 23.3 Å². The van der Waals surface area contributed by atoms with Gasteiger partial charge in [0.2, 0.25) is 0 Å². The zero-order valence-electron chi connectivity index (χ0n) is 12.3. The lowest BCUT2D eigenvalue weighted by Crippen LogP contribution is -2.06. The molecule has 0 atom stereocenters. The number of fused-ring (bicyclic) bond motifs is 1. The van der Waals surface area contributed by atoms with Crippen LogP contribution in [-0.4, -0.2) is 11.5 Å². The molecule has 0 aliphatic heterocycles. The summed E-state index contributed by atoms with van der Waals surface area (Å²) in [5.74, 6) is 0. The Morgan fingerprint density at radius 2 is 1.71 bits per heavy atom. The van der Waals surface area contributed by atoms with Gasteiger partial charge < -0.3 is 5.32 Å². The molecular formula is C19H20N2. The Bertz CT molecular complexity index is 720. The molecule has 21 heavy (non-hydrogen) atoms. The summed E-state index contributed by atoms with van der Waals surface area (Å²) in [6.07, 6.45) is 1.98. The van der Waals surface area contributed by atoms with Crippen molar-refractivity contribution >= 4 is 16.6 Å². The molecule has 1 N–H and O–H groups in total. The Balaban J connectivity index is 1.79. The first kappa shape index (κ1) is 13.6. The Morgan fingerprint density at radius 3 is 2.52 bits per heavy atom. The van der Waals surface area contributed by atoms with Crippen LogP contribution in [0.1, 0.15) is 18.2 Å². The zero-order chi connectivity index (χ0) is 14.5. The Labute approximate surface area is 125 Å². The molecule has 0 saturated carbocycles. The number of benzene rings is 2. The zero-order valence-corrected chi connectivity index (χ0v) is 12.3. The smallest absolute Gasteiger partial charge is 0.0726 e. The number of hydrogen-bond donors (Lipinski definition) is 1. The van der Waals surface area contributed by atoms with Gasteiger partial charge in [0.15, 0.2) is 0 Å². The molecule has 2 heteroatoms. The SMILES string of the molecule is CCc1cc(NCCc2ccccc2)c2ccccc2n1. The Hall–Kier alpha value is -2.35. The Kier molecular flexibility index (Phi) is 4.15. The molecule has 0 unspecified atom stereocenters. The van der Waals surface area contributed by atoms with Gasteiger partial charge in [-0.1, -0.05) is 55.5 Å². The molecule has 3 rings (SSSR count). The number of pyridine rings is 1. The fraction of sp³-hybridized carbons (Fsp3) is 0.211. The summed E-state index contributed by atoms with van der Waals surface area (Å²) < 4.78 is 0. The minimum absolute atomic E-state index is 0.932. The third kappa shape index (κ3) is 3.22. The van der Waals surface area contributed by atoms with Gasteiger partial charge in [0.1, 0.15) is 0 Å². The van der Waals surface area contributed by atoms with Gasteiger partial charge in [-0.3, -0.25) is 4.98 Å². The summed E-state index contributed by atoms with van der Waals surface area (Å²) >= 11 is 0. The van der Waals surface area contributed by atoms with Crippen molar-refractivity contribution in [2.45, 2.75) is 19.8 Å². The van der Waals surface area contributed by atoms with Gasteiger partial charge in [0.05, 0.1) is 5.52 Å². The highest BCUT2D eigenvalue weighted by Crippen LogP contribution is 2.23. The molecule has 2 aromatic carbocycles. The van der Waals surface area contributed by atoms with Crippen LogP contribution in [0.3, 0.4) is 0 Å². The number of nitrogens with zero attached hydrogens (tertiary/aromatic N) is 1. The highest BCUT2D eigenvalue weighted by molar-refractivity contribution is 5.91. The lowest BCUT2D eigenvalue weighted by atomic mass is 10.1. The molecule has 2 nitrogen and oxygen atoms in total. The molecule has 0 saturated heterocycles. The van der Waals surface area contributed by atoms with E-state index in [2.05, 4.69) is 71.8 Å². The van der Waals surface area contributed by atoms with Gasteiger partial charge in [0.25, 0.3) is 0 Å². The molecule has 3 aromatic rings. The second-order valence-corrected chi connectivity index (χ2v) is 5.19. The van der Waals surface area contributed by atoms with E-state index in [0.717, 1.165) is 30.6 Å². The van der Waals surface area contributed by atoms with E-state index in [9.17, 15) is 0 Å². The van der Waals surface area contributed by atoms with Crippen LogP contribution in [0.5, 0.6) is 0 Å². The lowest BCUT2D eigenvalue weighted by Gasteiger charge is -2.11. The van der Waals surface area contributed by atoms with Crippen molar-refractivity contribution in [3.05, 3.63) is 71.9 Å². The van der Waals surface area contributed by atoms with Crippen molar-refractivity contribution in [1.82, 2.24) is 4.98 Å². The van der Waals surface area contributed by atoms with E-state index >= 15 is 0 Å². The normalized spacial score (nSPS) is 10.7. The molecule has 1 heterocycles. The van der Waals surface area contributed by atoms with Crippen LogP contribution in [0.4, 0.5) is 5.69 Å². The quantitative estimate of drug-likeness (QED) is 0.744. The van der Waals surface area contributed by atoms with E-state index in [0.29, 0.717) is 0 Å². The molecule has 0 aliphatic carbocycles. The summed E-state index contributed by atoms with van der Waals surface area (Å²) in [5.41, 5.74) is 4.75. The number of aromatic nitrogens is 1. The maximum atomic E-state index is 4.68. The molecule has 0 aliphatic rings. The molecule has 0 amide bonds. The fourth-order valence-corrected chi connectivity index (χ4v) is 2.54. The van der Waals surface area contributed by atoms with E-state index in [1.807, 2.05) is 6.07 Å². The van der Waals surface area contributed by atoms with Gasteiger partial charge in [-0.2, -0.15) is 0 Å². The topological polar surface area (TPSA) is 24.9 Å². The first-order valence-electron chi connectivity index (χ1n) is 7.53. The number of para-hydroxylation sites is 1. The first-order chi connectivity index (χ1) is 10.4. The maximum absolute atomic E-state index is 4.68. The highest BCUT2D eigenvalue weighted by Gasteiger charge is 2.04. The van der Waals surface area contributed by atoms with Crippen LogP contribution in [-0.2, 0) is 12.8 Å². The molecule has 0 spiro atoms. The lowest BCUT2D eigenvalue weighted by molar-refractivity contribution is 1.01.